The first-order valence-corrected chi connectivity index (χ1v) is 8.37. The van der Waals surface area contributed by atoms with Crippen LogP contribution in [0.15, 0.2) is 24.3 Å². The Balaban J connectivity index is 1.56. The first-order chi connectivity index (χ1) is 10.9. The highest BCUT2D eigenvalue weighted by Crippen LogP contribution is 2.56. The zero-order valence-corrected chi connectivity index (χ0v) is 13.7. The van der Waals surface area contributed by atoms with Gasteiger partial charge in [-0.1, -0.05) is 18.2 Å². The molecule has 1 aliphatic carbocycles. The van der Waals surface area contributed by atoms with Crippen LogP contribution in [0.2, 0.25) is 0 Å². The van der Waals surface area contributed by atoms with Crippen LogP contribution >= 0.6 is 0 Å². The van der Waals surface area contributed by atoms with Crippen LogP contribution in [0.4, 0.5) is 0 Å². The fourth-order valence-electron chi connectivity index (χ4n) is 4.29. The van der Waals surface area contributed by atoms with E-state index in [1.165, 1.54) is 0 Å². The zero-order valence-electron chi connectivity index (χ0n) is 13.7. The Kier molecular flexibility index (Phi) is 3.07. The van der Waals surface area contributed by atoms with E-state index in [1.54, 1.807) is 4.68 Å². The average molecular weight is 313 g/mol. The number of piperidine rings is 1. The van der Waals surface area contributed by atoms with Crippen LogP contribution in [-0.2, 0) is 7.05 Å². The minimum Gasteiger partial charge on any atom is -0.390 e. The Hall–Kier alpha value is -1.88. The van der Waals surface area contributed by atoms with Gasteiger partial charge in [0.2, 0.25) is 0 Å². The molecule has 1 aromatic heterocycles. The number of hydrogen-bond acceptors (Lipinski definition) is 3. The molecule has 23 heavy (non-hydrogen) atoms. The second kappa shape index (κ2) is 4.81. The number of carbonyl (C=O) groups excluding carboxylic acids is 1. The van der Waals surface area contributed by atoms with Gasteiger partial charge in [-0.2, -0.15) is 5.10 Å². The number of rotatable bonds is 1. The molecule has 1 spiro atoms. The molecule has 2 aromatic rings. The van der Waals surface area contributed by atoms with E-state index in [-0.39, 0.29) is 11.3 Å². The van der Waals surface area contributed by atoms with Crippen molar-refractivity contribution in [3.05, 3.63) is 30.0 Å². The predicted octanol–water partition coefficient (Wildman–Crippen LogP) is 2.34. The molecule has 1 atom stereocenters. The molecule has 1 amide bonds. The van der Waals surface area contributed by atoms with Gasteiger partial charge < -0.3 is 10.0 Å². The van der Waals surface area contributed by atoms with Gasteiger partial charge in [-0.15, -0.1) is 0 Å². The lowest BCUT2D eigenvalue weighted by molar-refractivity contribution is -0.174. The van der Waals surface area contributed by atoms with Crippen molar-refractivity contribution in [1.29, 1.82) is 0 Å². The number of fused-ring (bicyclic) bond motifs is 1. The van der Waals surface area contributed by atoms with Crippen molar-refractivity contribution >= 4 is 16.8 Å². The third-order valence-corrected chi connectivity index (χ3v) is 6.20. The lowest BCUT2D eigenvalue weighted by Gasteiger charge is -2.58. The number of carbonyl (C=O) groups is 1. The van der Waals surface area contributed by atoms with Gasteiger partial charge in [-0.3, -0.25) is 9.48 Å². The minimum atomic E-state index is -0.556. The largest absolute Gasteiger partial charge is 0.390 e. The first kappa shape index (κ1) is 14.7. The first-order valence-electron chi connectivity index (χ1n) is 8.37. The number of aliphatic hydroxyl groups is 1. The van der Waals surface area contributed by atoms with Crippen LogP contribution in [0.1, 0.15) is 43.1 Å². The number of amides is 1. The molecular weight excluding hydrogens is 290 g/mol. The summed E-state index contributed by atoms with van der Waals surface area (Å²) >= 11 is 0. The molecule has 1 saturated carbocycles. The van der Waals surface area contributed by atoms with Gasteiger partial charge >= 0.3 is 0 Å². The van der Waals surface area contributed by atoms with E-state index < -0.39 is 5.60 Å². The fraction of sp³-hybridized carbons (Fsp3) is 0.556. The number of aromatic nitrogens is 2. The van der Waals surface area contributed by atoms with E-state index in [0.717, 1.165) is 36.6 Å². The Labute approximate surface area is 135 Å². The summed E-state index contributed by atoms with van der Waals surface area (Å²) in [6.07, 6.45) is 3.73. The van der Waals surface area contributed by atoms with E-state index in [9.17, 15) is 9.90 Å². The highest BCUT2D eigenvalue weighted by Gasteiger charge is 2.55. The highest BCUT2D eigenvalue weighted by molar-refractivity contribution is 6.04. The molecule has 0 radical (unpaired) electrons. The van der Waals surface area contributed by atoms with E-state index in [4.69, 9.17) is 0 Å². The van der Waals surface area contributed by atoms with Crippen LogP contribution in [0, 0.1) is 5.41 Å². The Morgan fingerprint density at radius 2 is 1.87 bits per heavy atom. The number of aryl methyl sites for hydroxylation is 1. The fourth-order valence-corrected chi connectivity index (χ4v) is 4.29. The number of likely N-dealkylation sites (tertiary alicyclic amines) is 1. The molecule has 2 aliphatic rings. The van der Waals surface area contributed by atoms with E-state index in [0.29, 0.717) is 18.8 Å². The molecule has 0 bridgehead atoms. The number of para-hydroxylation sites is 1. The molecule has 5 heteroatoms. The van der Waals surface area contributed by atoms with Gasteiger partial charge in [0.25, 0.3) is 5.91 Å². The minimum absolute atomic E-state index is 0.00983. The van der Waals surface area contributed by atoms with Crippen LogP contribution in [-0.4, -0.2) is 44.4 Å². The lowest BCUT2D eigenvalue weighted by atomic mass is 9.53. The normalized spacial score (nSPS) is 26.5. The van der Waals surface area contributed by atoms with Crippen molar-refractivity contribution in [2.45, 2.75) is 38.2 Å². The number of hydrogen-bond donors (Lipinski definition) is 1. The maximum Gasteiger partial charge on any atom is 0.275 e. The summed E-state index contributed by atoms with van der Waals surface area (Å²) in [4.78, 5) is 14.8. The van der Waals surface area contributed by atoms with E-state index in [1.807, 2.05) is 43.1 Å². The molecule has 1 saturated heterocycles. The van der Waals surface area contributed by atoms with Crippen LogP contribution in [0.3, 0.4) is 0 Å². The molecule has 1 aromatic carbocycles. The topological polar surface area (TPSA) is 58.4 Å². The van der Waals surface area contributed by atoms with E-state index >= 15 is 0 Å². The Morgan fingerprint density at radius 3 is 2.48 bits per heavy atom. The van der Waals surface area contributed by atoms with E-state index in [2.05, 4.69) is 5.10 Å². The molecule has 1 N–H and O–H groups in total. The Morgan fingerprint density at radius 1 is 1.17 bits per heavy atom. The van der Waals surface area contributed by atoms with Gasteiger partial charge in [-0.25, -0.2) is 0 Å². The van der Waals surface area contributed by atoms with Crippen molar-refractivity contribution in [2.24, 2.45) is 12.5 Å². The van der Waals surface area contributed by atoms with Crippen LogP contribution in [0.25, 0.3) is 10.9 Å². The zero-order chi connectivity index (χ0) is 16.2. The monoisotopic (exact) mass is 313 g/mol. The molecule has 122 valence electrons. The van der Waals surface area contributed by atoms with Crippen molar-refractivity contribution in [1.82, 2.24) is 14.7 Å². The third-order valence-electron chi connectivity index (χ3n) is 6.20. The molecular formula is C18H23N3O2. The molecule has 2 heterocycles. The highest BCUT2D eigenvalue weighted by atomic mass is 16.3. The summed E-state index contributed by atoms with van der Waals surface area (Å²) in [5.41, 5.74) is 0.987. The summed E-state index contributed by atoms with van der Waals surface area (Å²) in [6, 6.07) is 7.84. The predicted molar refractivity (Wildman–Crippen MR) is 88.1 cm³/mol. The smallest absolute Gasteiger partial charge is 0.275 e. The van der Waals surface area contributed by atoms with Gasteiger partial charge in [-0.05, 0) is 38.7 Å². The van der Waals surface area contributed by atoms with Crippen molar-refractivity contribution < 1.29 is 9.90 Å². The molecule has 2 fully saturated rings. The lowest BCUT2D eigenvalue weighted by Crippen LogP contribution is -2.60. The second-order valence-corrected chi connectivity index (χ2v) is 7.34. The summed E-state index contributed by atoms with van der Waals surface area (Å²) in [6.45, 7) is 3.36. The molecule has 4 rings (SSSR count). The molecule has 5 nitrogen and oxygen atoms in total. The summed E-state index contributed by atoms with van der Waals surface area (Å²) in [7, 11) is 1.87. The van der Waals surface area contributed by atoms with Crippen LogP contribution in [0.5, 0.6) is 0 Å². The number of nitrogens with zero attached hydrogens (tertiary/aromatic N) is 3. The summed E-state index contributed by atoms with van der Waals surface area (Å²) in [5.74, 6) is 0.00983. The Bertz CT molecular complexity index is 770. The van der Waals surface area contributed by atoms with Gasteiger partial charge in [0, 0.05) is 30.9 Å². The third kappa shape index (κ3) is 2.02. The average Bonchev–Trinajstić information content (AvgIpc) is 2.91. The second-order valence-electron chi connectivity index (χ2n) is 7.34. The molecule has 1 aliphatic heterocycles. The number of benzene rings is 1. The quantitative estimate of drug-likeness (QED) is 0.879. The standard InChI is InChI=1S/C18H23N3O2/c1-17(23)7-8-18(17)9-11-21(12-10-18)16(22)15-13-5-3-4-6-14(13)20(2)19-15/h3-6,23H,7-12H2,1-2H3. The summed E-state index contributed by atoms with van der Waals surface area (Å²) < 4.78 is 1.77. The van der Waals surface area contributed by atoms with Gasteiger partial charge in [0.05, 0.1) is 11.1 Å². The molecule has 1 unspecified atom stereocenters. The van der Waals surface area contributed by atoms with Crippen molar-refractivity contribution in [3.8, 4) is 0 Å². The van der Waals surface area contributed by atoms with Crippen LogP contribution < -0.4 is 0 Å². The summed E-state index contributed by atoms with van der Waals surface area (Å²) in [5, 5.41) is 15.8. The van der Waals surface area contributed by atoms with Gasteiger partial charge in [0.1, 0.15) is 0 Å². The maximum atomic E-state index is 12.9. The maximum absolute atomic E-state index is 12.9. The SMILES string of the molecule is Cn1nc(C(=O)N2CCC3(CC2)CCC3(C)O)c2ccccc21. The van der Waals surface area contributed by atoms with Crippen molar-refractivity contribution in [3.63, 3.8) is 0 Å². The van der Waals surface area contributed by atoms with Gasteiger partial charge in [0.15, 0.2) is 5.69 Å². The van der Waals surface area contributed by atoms with Crippen molar-refractivity contribution in [2.75, 3.05) is 13.1 Å².